The molecule has 0 N–H and O–H groups in total. The van der Waals surface area contributed by atoms with Crippen molar-refractivity contribution in [2.45, 2.75) is 5.41 Å². The van der Waals surface area contributed by atoms with E-state index in [2.05, 4.69) is 228 Å². The quantitative estimate of drug-likeness (QED) is 0.169. The van der Waals surface area contributed by atoms with Gasteiger partial charge in [0.2, 0.25) is 0 Å². The standard InChI is InChI=1S/C55H36N2O/c1-5-19-37(20-6-1)56(38-21-7-2-8-22-38)41-33-50-54(51(34-41)57(39-23-9-3-10-24-39)40-25-11-4-12-26-40)44-29-14-17-31-48(44)55(50)47-30-16-13-27-42(47)45-35-46-43-28-15-18-32-52(43)58-53(46)36-49(45)55/h1-36H. The van der Waals surface area contributed by atoms with E-state index in [-0.39, 0.29) is 0 Å². The van der Waals surface area contributed by atoms with Crippen molar-refractivity contribution in [3.8, 4) is 22.3 Å². The molecule has 1 atom stereocenters. The van der Waals surface area contributed by atoms with Crippen LogP contribution in [0.1, 0.15) is 22.3 Å². The third-order valence-corrected chi connectivity index (χ3v) is 12.2. The molecule has 1 aromatic heterocycles. The maximum absolute atomic E-state index is 6.69. The molecule has 3 heteroatoms. The van der Waals surface area contributed by atoms with Crippen molar-refractivity contribution < 1.29 is 4.42 Å². The van der Waals surface area contributed by atoms with Gasteiger partial charge in [-0.15, -0.1) is 0 Å². The Bertz CT molecular complexity index is 3090. The van der Waals surface area contributed by atoms with Gasteiger partial charge < -0.3 is 14.2 Å². The molecular formula is C55H36N2O. The van der Waals surface area contributed by atoms with E-state index >= 15 is 0 Å². The molecule has 0 amide bonds. The molecule has 58 heavy (non-hydrogen) atoms. The van der Waals surface area contributed by atoms with E-state index in [0.717, 1.165) is 56.1 Å². The first-order chi connectivity index (χ1) is 28.8. The smallest absolute Gasteiger partial charge is 0.135 e. The van der Waals surface area contributed by atoms with Gasteiger partial charge in [-0.3, -0.25) is 0 Å². The maximum atomic E-state index is 6.69. The summed E-state index contributed by atoms with van der Waals surface area (Å²) in [5.41, 5.74) is 17.7. The van der Waals surface area contributed by atoms with Crippen LogP contribution in [0.4, 0.5) is 34.1 Å². The SMILES string of the molecule is c1ccc(N(c2ccccc2)c2cc(N(c3ccccc3)c3ccccc3)c3c(c2)C2(c4ccccc4-c4cc5c(cc42)oc2ccccc25)c2ccccc2-3)cc1. The molecule has 0 radical (unpaired) electrons. The van der Waals surface area contributed by atoms with Gasteiger partial charge in [-0.05, 0) is 118 Å². The van der Waals surface area contributed by atoms with Crippen LogP contribution < -0.4 is 9.80 Å². The van der Waals surface area contributed by atoms with Gasteiger partial charge in [0.15, 0.2) is 0 Å². The Morgan fingerprint density at radius 1 is 0.310 bits per heavy atom. The minimum absolute atomic E-state index is 0.631. The van der Waals surface area contributed by atoms with E-state index in [1.54, 1.807) is 0 Å². The minimum Gasteiger partial charge on any atom is -0.456 e. The Hall–Kier alpha value is -7.62. The molecular weight excluding hydrogens is 705 g/mol. The molecule has 9 aromatic carbocycles. The van der Waals surface area contributed by atoms with Crippen LogP contribution >= 0.6 is 0 Å². The first-order valence-corrected chi connectivity index (χ1v) is 19.9. The van der Waals surface area contributed by atoms with Crippen LogP contribution in [-0.4, -0.2) is 0 Å². The number of furan rings is 1. The zero-order chi connectivity index (χ0) is 38.2. The predicted octanol–water partition coefficient (Wildman–Crippen LogP) is 14.9. The van der Waals surface area contributed by atoms with Gasteiger partial charge in [0.25, 0.3) is 0 Å². The molecule has 0 saturated heterocycles. The molecule has 2 aliphatic carbocycles. The lowest BCUT2D eigenvalue weighted by molar-refractivity contribution is 0.666. The number of benzene rings is 9. The minimum atomic E-state index is -0.631. The molecule has 1 heterocycles. The summed E-state index contributed by atoms with van der Waals surface area (Å²) < 4.78 is 6.69. The highest BCUT2D eigenvalue weighted by atomic mass is 16.3. The lowest BCUT2D eigenvalue weighted by atomic mass is 9.70. The number of hydrogen-bond donors (Lipinski definition) is 0. The van der Waals surface area contributed by atoms with Gasteiger partial charge >= 0.3 is 0 Å². The van der Waals surface area contributed by atoms with E-state index in [0.29, 0.717) is 0 Å². The molecule has 0 bridgehead atoms. The third-order valence-electron chi connectivity index (χ3n) is 12.2. The number of fused-ring (bicyclic) bond motifs is 13. The average Bonchev–Trinajstić information content (AvgIpc) is 3.91. The second-order valence-electron chi connectivity index (χ2n) is 15.2. The maximum Gasteiger partial charge on any atom is 0.135 e. The molecule has 0 saturated carbocycles. The van der Waals surface area contributed by atoms with Crippen LogP contribution in [0.3, 0.4) is 0 Å². The summed E-state index contributed by atoms with van der Waals surface area (Å²) >= 11 is 0. The van der Waals surface area contributed by atoms with E-state index < -0.39 is 5.41 Å². The van der Waals surface area contributed by atoms with Crippen LogP contribution in [-0.2, 0) is 5.41 Å². The molecule has 12 rings (SSSR count). The third kappa shape index (κ3) is 4.62. The van der Waals surface area contributed by atoms with Gasteiger partial charge in [0, 0.05) is 44.8 Å². The Morgan fingerprint density at radius 3 is 1.43 bits per heavy atom. The molecule has 0 aliphatic heterocycles. The summed E-state index contributed by atoms with van der Waals surface area (Å²) in [5.74, 6) is 0. The second-order valence-corrected chi connectivity index (χ2v) is 15.2. The predicted molar refractivity (Wildman–Crippen MR) is 239 cm³/mol. The van der Waals surface area contributed by atoms with Gasteiger partial charge in [0.05, 0.1) is 11.1 Å². The van der Waals surface area contributed by atoms with Crippen LogP contribution in [0.5, 0.6) is 0 Å². The molecule has 272 valence electrons. The van der Waals surface area contributed by atoms with Crippen molar-refractivity contribution in [3.63, 3.8) is 0 Å². The largest absolute Gasteiger partial charge is 0.456 e. The highest BCUT2D eigenvalue weighted by Gasteiger charge is 2.53. The number of anilines is 6. The first kappa shape index (κ1) is 32.6. The van der Waals surface area contributed by atoms with Gasteiger partial charge in [-0.1, -0.05) is 140 Å². The van der Waals surface area contributed by atoms with Gasteiger partial charge in [-0.2, -0.15) is 0 Å². The highest BCUT2D eigenvalue weighted by molar-refractivity contribution is 6.10. The fourth-order valence-corrected chi connectivity index (χ4v) is 9.93. The molecule has 1 unspecified atom stereocenters. The van der Waals surface area contributed by atoms with Crippen LogP contribution in [0.15, 0.2) is 223 Å². The Kier molecular flexibility index (Phi) is 7.14. The molecule has 10 aromatic rings. The fourth-order valence-electron chi connectivity index (χ4n) is 9.93. The number of para-hydroxylation sites is 5. The van der Waals surface area contributed by atoms with Crippen molar-refractivity contribution in [2.75, 3.05) is 9.80 Å². The van der Waals surface area contributed by atoms with Crippen LogP contribution in [0.2, 0.25) is 0 Å². The molecule has 3 nitrogen and oxygen atoms in total. The molecule has 2 aliphatic rings. The zero-order valence-electron chi connectivity index (χ0n) is 31.6. The monoisotopic (exact) mass is 740 g/mol. The number of nitrogens with zero attached hydrogens (tertiary/aromatic N) is 2. The second kappa shape index (κ2) is 12.7. The lowest BCUT2D eigenvalue weighted by Gasteiger charge is -2.34. The number of hydrogen-bond acceptors (Lipinski definition) is 3. The summed E-state index contributed by atoms with van der Waals surface area (Å²) in [4.78, 5) is 4.84. The van der Waals surface area contributed by atoms with Crippen molar-refractivity contribution >= 4 is 56.1 Å². The lowest BCUT2D eigenvalue weighted by Crippen LogP contribution is -2.26. The van der Waals surface area contributed by atoms with Crippen molar-refractivity contribution in [1.29, 1.82) is 0 Å². The van der Waals surface area contributed by atoms with Crippen molar-refractivity contribution in [2.24, 2.45) is 0 Å². The van der Waals surface area contributed by atoms with Crippen molar-refractivity contribution in [3.05, 3.63) is 241 Å². The van der Waals surface area contributed by atoms with E-state index in [4.69, 9.17) is 4.42 Å². The van der Waals surface area contributed by atoms with E-state index in [9.17, 15) is 0 Å². The van der Waals surface area contributed by atoms with Crippen LogP contribution in [0.25, 0.3) is 44.2 Å². The van der Waals surface area contributed by atoms with Crippen molar-refractivity contribution in [1.82, 2.24) is 0 Å². The first-order valence-electron chi connectivity index (χ1n) is 19.9. The van der Waals surface area contributed by atoms with Crippen LogP contribution in [0, 0.1) is 0 Å². The summed E-state index contributed by atoms with van der Waals surface area (Å²) in [6, 6.07) is 79.2. The summed E-state index contributed by atoms with van der Waals surface area (Å²) in [6.07, 6.45) is 0. The van der Waals surface area contributed by atoms with E-state index in [1.165, 1.54) is 44.5 Å². The summed E-state index contributed by atoms with van der Waals surface area (Å²) in [7, 11) is 0. The average molecular weight is 741 g/mol. The Morgan fingerprint density at radius 2 is 0.810 bits per heavy atom. The topological polar surface area (TPSA) is 19.6 Å². The Balaban J connectivity index is 1.26. The summed E-state index contributed by atoms with van der Waals surface area (Å²) in [6.45, 7) is 0. The normalized spacial score (nSPS) is 14.6. The van der Waals surface area contributed by atoms with E-state index in [1.807, 2.05) is 0 Å². The van der Waals surface area contributed by atoms with Gasteiger partial charge in [0.1, 0.15) is 11.2 Å². The summed E-state index contributed by atoms with van der Waals surface area (Å²) in [5, 5.41) is 2.28. The molecule has 1 spiro atoms. The zero-order valence-corrected chi connectivity index (χ0v) is 31.6. The molecule has 0 fully saturated rings. The Labute approximate surface area is 337 Å². The fraction of sp³-hybridized carbons (Fsp3) is 0.0182. The number of rotatable bonds is 6. The van der Waals surface area contributed by atoms with Gasteiger partial charge in [-0.25, -0.2) is 0 Å². The highest BCUT2D eigenvalue weighted by Crippen LogP contribution is 2.66.